The number of benzene rings is 1. The Morgan fingerprint density at radius 2 is 2.16 bits per heavy atom. The number of fused-ring (bicyclic) bond motifs is 1. The highest BCUT2D eigenvalue weighted by Crippen LogP contribution is 2.38. The van der Waals surface area contributed by atoms with Gasteiger partial charge in [-0.1, -0.05) is 25.1 Å². The molecule has 19 heavy (non-hydrogen) atoms. The molecule has 1 aliphatic heterocycles. The number of rotatable bonds is 3. The highest BCUT2D eigenvalue weighted by Gasteiger charge is 2.34. The van der Waals surface area contributed by atoms with Crippen LogP contribution in [-0.4, -0.2) is 18.2 Å². The van der Waals surface area contributed by atoms with E-state index in [0.29, 0.717) is 6.54 Å². The topological polar surface area (TPSA) is 50.4 Å². The van der Waals surface area contributed by atoms with E-state index < -0.39 is 0 Å². The molecule has 0 unspecified atom stereocenters. The molecule has 0 aliphatic carbocycles. The fraction of sp³-hybridized carbons (Fsp3) is 0.533. The van der Waals surface area contributed by atoms with Crippen LogP contribution in [0.25, 0.3) is 0 Å². The third-order valence-corrected chi connectivity index (χ3v) is 3.22. The van der Waals surface area contributed by atoms with E-state index in [2.05, 4.69) is 10.6 Å². The monoisotopic (exact) mass is 262 g/mol. The molecule has 1 aromatic rings. The first-order valence-corrected chi connectivity index (χ1v) is 6.84. The summed E-state index contributed by atoms with van der Waals surface area (Å²) in [4.78, 5) is 11.8. The summed E-state index contributed by atoms with van der Waals surface area (Å²) in [6, 6.07) is 7.77. The van der Waals surface area contributed by atoms with Gasteiger partial charge in [0.05, 0.1) is 6.04 Å². The van der Waals surface area contributed by atoms with E-state index >= 15 is 0 Å². The number of para-hydroxylation sites is 1. The van der Waals surface area contributed by atoms with Gasteiger partial charge >= 0.3 is 6.03 Å². The zero-order valence-corrected chi connectivity index (χ0v) is 11.8. The Morgan fingerprint density at radius 1 is 1.42 bits per heavy atom. The summed E-state index contributed by atoms with van der Waals surface area (Å²) in [6.07, 6.45) is 1.70. The van der Waals surface area contributed by atoms with E-state index in [-0.39, 0.29) is 17.7 Å². The van der Waals surface area contributed by atoms with Crippen molar-refractivity contribution in [3.8, 4) is 5.75 Å². The number of carbonyl (C=O) groups is 1. The predicted octanol–water partition coefficient (Wildman–Crippen LogP) is 3.00. The number of hydrogen-bond acceptors (Lipinski definition) is 2. The molecule has 2 rings (SSSR count). The lowest BCUT2D eigenvalue weighted by Gasteiger charge is -2.37. The molecule has 2 N–H and O–H groups in total. The van der Waals surface area contributed by atoms with Crippen LogP contribution in [0.4, 0.5) is 4.79 Å². The largest absolute Gasteiger partial charge is 0.487 e. The SMILES string of the molecule is CCCNC(=O)N[C@@H]1CC(C)(C)Oc2ccccc21. The van der Waals surface area contributed by atoms with E-state index in [0.717, 1.165) is 24.2 Å². The normalized spacial score (nSPS) is 20.1. The van der Waals surface area contributed by atoms with Crippen molar-refractivity contribution in [1.82, 2.24) is 10.6 Å². The summed E-state index contributed by atoms with van der Waals surface area (Å²) >= 11 is 0. The van der Waals surface area contributed by atoms with Crippen LogP contribution in [0.15, 0.2) is 24.3 Å². The lowest BCUT2D eigenvalue weighted by atomic mass is 9.90. The maximum absolute atomic E-state index is 11.8. The minimum Gasteiger partial charge on any atom is -0.487 e. The number of carbonyl (C=O) groups excluding carboxylic acids is 1. The Morgan fingerprint density at radius 3 is 2.89 bits per heavy atom. The van der Waals surface area contributed by atoms with Crippen molar-refractivity contribution >= 4 is 6.03 Å². The second-order valence-electron chi connectivity index (χ2n) is 5.56. The van der Waals surface area contributed by atoms with Crippen molar-refractivity contribution in [2.75, 3.05) is 6.54 Å². The third kappa shape index (κ3) is 3.40. The predicted molar refractivity (Wildman–Crippen MR) is 75.3 cm³/mol. The average molecular weight is 262 g/mol. The molecule has 0 saturated heterocycles. The molecular formula is C15H22N2O2. The zero-order chi connectivity index (χ0) is 13.9. The first-order chi connectivity index (χ1) is 9.02. The van der Waals surface area contributed by atoms with Crippen molar-refractivity contribution < 1.29 is 9.53 Å². The van der Waals surface area contributed by atoms with Crippen LogP contribution in [0.1, 0.15) is 45.2 Å². The second-order valence-corrected chi connectivity index (χ2v) is 5.56. The lowest BCUT2D eigenvalue weighted by molar-refractivity contribution is 0.0679. The van der Waals surface area contributed by atoms with Crippen LogP contribution in [0, 0.1) is 0 Å². The number of urea groups is 1. The fourth-order valence-corrected chi connectivity index (χ4v) is 2.38. The molecule has 0 fully saturated rings. The van der Waals surface area contributed by atoms with Gasteiger partial charge in [-0.2, -0.15) is 0 Å². The van der Waals surface area contributed by atoms with Gasteiger partial charge in [0.25, 0.3) is 0 Å². The minimum atomic E-state index is -0.267. The summed E-state index contributed by atoms with van der Waals surface area (Å²) < 4.78 is 5.94. The fourth-order valence-electron chi connectivity index (χ4n) is 2.38. The van der Waals surface area contributed by atoms with Crippen molar-refractivity contribution in [3.05, 3.63) is 29.8 Å². The maximum Gasteiger partial charge on any atom is 0.315 e. The first kappa shape index (κ1) is 13.7. The Kier molecular flexibility index (Phi) is 3.98. The van der Waals surface area contributed by atoms with Crippen LogP contribution in [0.3, 0.4) is 0 Å². The minimum absolute atomic E-state index is 0.00296. The van der Waals surface area contributed by atoms with E-state index in [9.17, 15) is 4.79 Å². The van der Waals surface area contributed by atoms with Crippen molar-refractivity contribution in [2.45, 2.75) is 45.3 Å². The molecule has 1 aliphatic rings. The van der Waals surface area contributed by atoms with Gasteiger partial charge in [0, 0.05) is 18.5 Å². The smallest absolute Gasteiger partial charge is 0.315 e. The van der Waals surface area contributed by atoms with Crippen LogP contribution >= 0.6 is 0 Å². The molecule has 0 saturated carbocycles. The van der Waals surface area contributed by atoms with Crippen LogP contribution < -0.4 is 15.4 Å². The molecule has 4 heteroatoms. The van der Waals surface area contributed by atoms with E-state index in [1.165, 1.54) is 0 Å². The van der Waals surface area contributed by atoms with Gasteiger partial charge in [-0.3, -0.25) is 0 Å². The zero-order valence-electron chi connectivity index (χ0n) is 11.8. The summed E-state index contributed by atoms with van der Waals surface area (Å²) in [5.74, 6) is 0.861. The van der Waals surface area contributed by atoms with Crippen molar-refractivity contribution in [2.24, 2.45) is 0 Å². The molecule has 0 bridgehead atoms. The van der Waals surface area contributed by atoms with Gasteiger partial charge in [0.2, 0.25) is 0 Å². The number of amides is 2. The quantitative estimate of drug-likeness (QED) is 0.879. The Bertz CT molecular complexity index is 457. The standard InChI is InChI=1S/C15H22N2O2/c1-4-9-16-14(18)17-12-10-15(2,3)19-13-8-6-5-7-11(12)13/h5-8,12H,4,9-10H2,1-3H3,(H2,16,17,18)/t12-/m1/s1. The van der Waals surface area contributed by atoms with Gasteiger partial charge in [0.15, 0.2) is 0 Å². The van der Waals surface area contributed by atoms with Crippen LogP contribution in [-0.2, 0) is 0 Å². The molecule has 1 atom stereocenters. The number of ether oxygens (including phenoxy) is 1. The van der Waals surface area contributed by atoms with E-state index in [4.69, 9.17) is 4.74 Å². The third-order valence-electron chi connectivity index (χ3n) is 3.22. The van der Waals surface area contributed by atoms with Crippen molar-refractivity contribution in [3.63, 3.8) is 0 Å². The molecular weight excluding hydrogens is 240 g/mol. The van der Waals surface area contributed by atoms with Gasteiger partial charge in [-0.05, 0) is 26.3 Å². The van der Waals surface area contributed by atoms with E-state index in [1.807, 2.05) is 45.0 Å². The Labute approximate surface area is 114 Å². The molecule has 0 aromatic heterocycles. The van der Waals surface area contributed by atoms with Crippen LogP contribution in [0.2, 0.25) is 0 Å². The number of nitrogens with one attached hydrogen (secondary N) is 2. The highest BCUT2D eigenvalue weighted by atomic mass is 16.5. The molecule has 4 nitrogen and oxygen atoms in total. The average Bonchev–Trinajstić information content (AvgIpc) is 2.35. The van der Waals surface area contributed by atoms with E-state index in [1.54, 1.807) is 0 Å². The number of hydrogen-bond donors (Lipinski definition) is 2. The van der Waals surface area contributed by atoms with Gasteiger partial charge < -0.3 is 15.4 Å². The second kappa shape index (κ2) is 5.51. The molecule has 104 valence electrons. The van der Waals surface area contributed by atoms with Crippen LogP contribution in [0.5, 0.6) is 5.75 Å². The summed E-state index contributed by atoms with van der Waals surface area (Å²) in [5, 5.41) is 5.88. The Balaban J connectivity index is 2.13. The highest BCUT2D eigenvalue weighted by molar-refractivity contribution is 5.74. The molecule has 1 heterocycles. The summed E-state index contributed by atoms with van der Waals surface area (Å²) in [7, 11) is 0. The molecule has 0 spiro atoms. The summed E-state index contributed by atoms with van der Waals surface area (Å²) in [6.45, 7) is 6.82. The molecule has 0 radical (unpaired) electrons. The molecule has 1 aromatic carbocycles. The first-order valence-electron chi connectivity index (χ1n) is 6.84. The molecule has 2 amide bonds. The van der Waals surface area contributed by atoms with Gasteiger partial charge in [-0.15, -0.1) is 0 Å². The van der Waals surface area contributed by atoms with Gasteiger partial charge in [0.1, 0.15) is 11.4 Å². The van der Waals surface area contributed by atoms with Crippen molar-refractivity contribution in [1.29, 1.82) is 0 Å². The lowest BCUT2D eigenvalue weighted by Crippen LogP contribution is -2.44. The Hall–Kier alpha value is -1.71. The maximum atomic E-state index is 11.8. The summed E-state index contributed by atoms with van der Waals surface area (Å²) in [5.41, 5.74) is 0.783. The van der Waals surface area contributed by atoms with Gasteiger partial charge in [-0.25, -0.2) is 4.79 Å².